The molecule has 0 aromatic rings. The molecule has 1 rings (SSSR count). The second-order valence-electron chi connectivity index (χ2n) is 4.55. The van der Waals surface area contributed by atoms with Crippen LogP contribution in [0.3, 0.4) is 0 Å². The van der Waals surface area contributed by atoms with Crippen LogP contribution in [0, 0.1) is 0 Å². The predicted octanol–water partition coefficient (Wildman–Crippen LogP) is -2.88. The van der Waals surface area contributed by atoms with Crippen LogP contribution in [0.1, 0.15) is 0 Å². The molecule has 1 aliphatic heterocycles. The minimum atomic E-state index is -4.80. The fourth-order valence-electron chi connectivity index (χ4n) is 1.86. The van der Waals surface area contributed by atoms with Crippen LogP contribution in [0.5, 0.6) is 0 Å². The van der Waals surface area contributed by atoms with E-state index in [4.69, 9.17) is 9.66 Å². The number of hydrogen-bond donors (Lipinski definition) is 6. The van der Waals surface area contributed by atoms with Gasteiger partial charge in [-0.15, -0.1) is 0 Å². The van der Waals surface area contributed by atoms with E-state index in [0.29, 0.717) is 0 Å². The summed E-state index contributed by atoms with van der Waals surface area (Å²) < 4.78 is 33.8. The first-order valence-corrected chi connectivity index (χ1v) is 10.8. The van der Waals surface area contributed by atoms with Crippen LogP contribution in [-0.4, -0.2) is 89.5 Å². The van der Waals surface area contributed by atoms with Gasteiger partial charge in [0.25, 0.3) is 0 Å². The summed E-state index contributed by atoms with van der Waals surface area (Å²) in [5.74, 6) is 0. The third-order valence-corrected chi connectivity index (χ3v) is 8.47. The van der Waals surface area contributed by atoms with Crippen LogP contribution >= 0.6 is 0 Å². The van der Waals surface area contributed by atoms with E-state index in [2.05, 4.69) is 4.18 Å². The molecule has 0 aromatic carbocycles. The van der Waals surface area contributed by atoms with Crippen LogP contribution < -0.4 is 0 Å². The molecule has 9 nitrogen and oxygen atoms in total. The Kier molecular flexibility index (Phi) is 6.80. The van der Waals surface area contributed by atoms with E-state index in [1.807, 2.05) is 0 Å². The Hall–Kier alpha value is 0.189. The fraction of sp³-hybridized carbons (Fsp3) is 1.00. The molecule has 0 aliphatic carbocycles. The average molecular weight is 382 g/mol. The maximum atomic E-state index is 10.6. The summed E-state index contributed by atoms with van der Waals surface area (Å²) in [5, 5.41) is 47.7. The molecule has 0 radical (unpaired) electrons. The van der Waals surface area contributed by atoms with E-state index in [-0.39, 0.29) is 16.0 Å². The molecule has 0 saturated carbocycles. The van der Waals surface area contributed by atoms with Crippen LogP contribution in [-0.2, 0) is 14.6 Å². The molecule has 1 fully saturated rings. The van der Waals surface area contributed by atoms with E-state index in [1.165, 1.54) is 0 Å². The van der Waals surface area contributed by atoms with Gasteiger partial charge in [-0.05, 0) is 0 Å². The van der Waals surface area contributed by atoms with Crippen LogP contribution in [0.15, 0.2) is 0 Å². The molecule has 0 bridgehead atoms. The number of aliphatic hydroxyl groups excluding tert-OH is 5. The normalized spacial score (nSPS) is 34.7. The van der Waals surface area contributed by atoms with Gasteiger partial charge in [0, 0.05) is 0 Å². The van der Waals surface area contributed by atoms with E-state index in [0.717, 1.165) is 0 Å². The van der Waals surface area contributed by atoms with Gasteiger partial charge in [0.2, 0.25) is 0 Å². The van der Waals surface area contributed by atoms with Crippen molar-refractivity contribution >= 4 is 24.3 Å². The summed E-state index contributed by atoms with van der Waals surface area (Å²) in [5.41, 5.74) is 0. The third-order valence-electron chi connectivity index (χ3n) is 2.86. The minimum absolute atomic E-state index is 0.0571. The van der Waals surface area contributed by atoms with Crippen molar-refractivity contribution in [1.82, 2.24) is 0 Å². The number of aliphatic hydroxyl groups is 5. The second kappa shape index (κ2) is 7.45. The first kappa shape index (κ1) is 18.2. The molecule has 120 valence electrons. The van der Waals surface area contributed by atoms with Crippen molar-refractivity contribution in [3.63, 3.8) is 0 Å². The monoisotopic (exact) mass is 383 g/mol. The van der Waals surface area contributed by atoms with E-state index in [9.17, 15) is 28.8 Å². The quantitative estimate of drug-likeness (QED) is 0.209. The number of rotatable bonds is 6. The second-order valence-corrected chi connectivity index (χ2v) is 10.3. The summed E-state index contributed by atoms with van der Waals surface area (Å²) in [7, 11) is -4.80. The van der Waals surface area contributed by atoms with Gasteiger partial charge in [-0.1, -0.05) is 0 Å². The molecule has 0 spiro atoms. The predicted molar refractivity (Wildman–Crippen MR) is 67.7 cm³/mol. The fourth-order valence-corrected chi connectivity index (χ4v) is 7.54. The van der Waals surface area contributed by atoms with Crippen molar-refractivity contribution in [2.24, 2.45) is 0 Å². The summed E-state index contributed by atoms with van der Waals surface area (Å²) in [6.07, 6.45) is -6.27. The van der Waals surface area contributed by atoms with Crippen LogP contribution in [0.2, 0.25) is 16.0 Å². The van der Waals surface area contributed by atoms with Gasteiger partial charge >= 0.3 is 120 Å². The molecule has 6 N–H and O–H groups in total. The molecule has 1 saturated heterocycles. The Balaban J connectivity index is 2.58. The number of hydrogen-bond acceptors (Lipinski definition) is 8. The summed E-state index contributed by atoms with van der Waals surface area (Å²) in [6, 6.07) is 0. The molecular formula is C9H19O9SSe+. The van der Waals surface area contributed by atoms with Crippen molar-refractivity contribution in [3.8, 4) is 0 Å². The standard InChI is InChI=1S/C9H18O9SSe/c10-1-8(18-19(15,16)17)5(11)2-20-3-6(12)9(14)7(13)4-20/h5-14H,1-4H2/p+1. The van der Waals surface area contributed by atoms with Crippen molar-refractivity contribution in [3.05, 3.63) is 0 Å². The molecule has 20 heavy (non-hydrogen) atoms. The maximum absolute atomic E-state index is 10.6. The van der Waals surface area contributed by atoms with E-state index in [1.54, 1.807) is 0 Å². The SMILES string of the molecule is O=S(=O)(O)OC(CO)C(O)C[Se+]1CC(O)C(O)C(O)C1. The van der Waals surface area contributed by atoms with Gasteiger partial charge in [0.15, 0.2) is 0 Å². The van der Waals surface area contributed by atoms with Crippen molar-refractivity contribution < 1.29 is 42.7 Å². The van der Waals surface area contributed by atoms with E-state index >= 15 is 0 Å². The van der Waals surface area contributed by atoms with Crippen molar-refractivity contribution in [2.45, 2.75) is 46.5 Å². The van der Waals surface area contributed by atoms with Crippen molar-refractivity contribution in [1.29, 1.82) is 0 Å². The molecule has 0 amide bonds. The van der Waals surface area contributed by atoms with Gasteiger partial charge in [0.05, 0.1) is 0 Å². The molecule has 1 aliphatic rings. The molecule has 1 heterocycles. The Bertz CT molecular complexity index is 390. The Morgan fingerprint density at radius 1 is 1.20 bits per heavy atom. The zero-order chi connectivity index (χ0) is 15.5. The van der Waals surface area contributed by atoms with Gasteiger partial charge in [-0.3, -0.25) is 0 Å². The molecule has 0 aromatic heterocycles. The first-order valence-electron chi connectivity index (χ1n) is 5.77. The van der Waals surface area contributed by atoms with Crippen molar-refractivity contribution in [2.75, 3.05) is 6.61 Å². The van der Waals surface area contributed by atoms with E-state index < -0.39 is 61.4 Å². The van der Waals surface area contributed by atoms with Crippen LogP contribution in [0.4, 0.5) is 0 Å². The van der Waals surface area contributed by atoms with Gasteiger partial charge < -0.3 is 0 Å². The first-order chi connectivity index (χ1) is 9.14. The molecule has 4 unspecified atom stereocenters. The van der Waals surface area contributed by atoms with Gasteiger partial charge in [-0.25, -0.2) is 0 Å². The Morgan fingerprint density at radius 3 is 2.10 bits per heavy atom. The Labute approximate surface area is 120 Å². The average Bonchev–Trinajstić information content (AvgIpc) is 2.31. The molecule has 4 atom stereocenters. The Morgan fingerprint density at radius 2 is 1.70 bits per heavy atom. The summed E-state index contributed by atoms with van der Waals surface area (Å²) in [4.78, 5) is 0. The zero-order valence-corrected chi connectivity index (χ0v) is 13.0. The summed E-state index contributed by atoms with van der Waals surface area (Å²) in [6.45, 7) is -0.812. The summed E-state index contributed by atoms with van der Waals surface area (Å²) >= 11 is -1.71. The van der Waals surface area contributed by atoms with Gasteiger partial charge in [0.1, 0.15) is 0 Å². The van der Waals surface area contributed by atoms with Crippen LogP contribution in [0.25, 0.3) is 0 Å². The molecular weight excluding hydrogens is 363 g/mol. The topological polar surface area (TPSA) is 165 Å². The zero-order valence-electron chi connectivity index (χ0n) is 10.4. The third kappa shape index (κ3) is 5.52. The molecule has 11 heteroatoms. The van der Waals surface area contributed by atoms with Gasteiger partial charge in [-0.2, -0.15) is 0 Å².